The number of hydrogen-bond donors (Lipinski definition) is 0. The van der Waals surface area contributed by atoms with Gasteiger partial charge in [0.2, 0.25) is 0 Å². The monoisotopic (exact) mass is 124 g/mol. The van der Waals surface area contributed by atoms with Gasteiger partial charge in [-0.25, -0.2) is 0 Å². The Morgan fingerprint density at radius 2 is 0.667 bits per heavy atom. The summed E-state index contributed by atoms with van der Waals surface area (Å²) in [6.45, 7) is 8.61. The van der Waals surface area contributed by atoms with E-state index in [2.05, 4.69) is 26.7 Å². The molecule has 0 aliphatic carbocycles. The minimum absolute atomic E-state index is 1.08. The van der Waals surface area contributed by atoms with Gasteiger partial charge in [0, 0.05) is 0 Å². The molecule has 2 heteroatoms. The Hall–Kier alpha value is 0.860. The van der Waals surface area contributed by atoms with Crippen LogP contribution in [0.1, 0.15) is 0 Å². The van der Waals surface area contributed by atoms with E-state index in [0.29, 0.717) is 0 Å². The molecule has 0 aromatic carbocycles. The Bertz CT molecular complexity index is 7.51. The zero-order valence-electron chi connectivity index (χ0n) is 5.00. The summed E-state index contributed by atoms with van der Waals surface area (Å²) in [5.74, 6) is 0. The van der Waals surface area contributed by atoms with Crippen molar-refractivity contribution in [3.05, 3.63) is 0 Å². The lowest BCUT2D eigenvalue weighted by molar-refractivity contribution is 2.32. The van der Waals surface area contributed by atoms with Crippen LogP contribution >= 0.6 is 17.2 Å². The quantitative estimate of drug-likeness (QED) is 0.432. The fourth-order valence-corrected chi connectivity index (χ4v) is 0. The Balaban J connectivity index is 0. The van der Waals surface area contributed by atoms with E-state index in [9.17, 15) is 0 Å². The van der Waals surface area contributed by atoms with Gasteiger partial charge in [-0.3, -0.25) is 0 Å². The average Bonchev–Trinajstić information content (AvgIpc) is 1.39. The van der Waals surface area contributed by atoms with Crippen LogP contribution in [0.3, 0.4) is 0 Å². The lowest BCUT2D eigenvalue weighted by atomic mass is 11.9. The Labute approximate surface area is 44.7 Å². The maximum atomic E-state index is 2.15. The molecule has 40 valence electrons. The first-order valence-electron chi connectivity index (χ1n) is 2.00. The van der Waals surface area contributed by atoms with Crippen molar-refractivity contribution in [1.82, 2.24) is 0 Å². The molecule has 0 aliphatic heterocycles. The predicted octanol–water partition coefficient (Wildman–Crippen LogP) is 1.85. The van der Waals surface area contributed by atoms with E-state index in [-0.39, 0.29) is 0 Å². The third kappa shape index (κ3) is 97.9. The molecule has 0 nitrogen and oxygen atoms in total. The minimum atomic E-state index is 1.08. The molecule has 0 unspecified atom stereocenters. The van der Waals surface area contributed by atoms with Crippen LogP contribution in [0.15, 0.2) is 0 Å². The molecule has 0 fully saturated rings. The molecular weight excluding hydrogens is 110 g/mol. The number of hydrogen-bond acceptors (Lipinski definition) is 0. The Kier molecular flexibility index (Phi) is 28.1. The zero-order valence-corrected chi connectivity index (χ0v) is 7.00. The van der Waals surface area contributed by atoms with Crippen molar-refractivity contribution in [2.45, 2.75) is 0 Å². The number of rotatable bonds is 0. The van der Waals surface area contributed by atoms with Crippen molar-refractivity contribution < 1.29 is 0 Å². The van der Waals surface area contributed by atoms with E-state index in [1.165, 1.54) is 0 Å². The highest BCUT2D eigenvalue weighted by molar-refractivity contribution is 7.36. The topological polar surface area (TPSA) is 0 Å². The van der Waals surface area contributed by atoms with E-state index in [1.54, 1.807) is 0 Å². The van der Waals surface area contributed by atoms with Gasteiger partial charge in [-0.2, -0.15) is 0 Å². The standard InChI is InChI=1S/2C2H7P/c2*1-3-2/h2*3H,1-2H3. The van der Waals surface area contributed by atoms with Crippen LogP contribution in [0.25, 0.3) is 0 Å². The first-order chi connectivity index (χ1) is 2.83. The van der Waals surface area contributed by atoms with Gasteiger partial charge < -0.3 is 0 Å². The van der Waals surface area contributed by atoms with Crippen LogP contribution in [0.4, 0.5) is 0 Å². The fourth-order valence-electron chi connectivity index (χ4n) is 0. The SMILES string of the molecule is CPC.CPC. The summed E-state index contributed by atoms with van der Waals surface area (Å²) in [5, 5.41) is 0. The minimum Gasteiger partial charge on any atom is -0.129 e. The van der Waals surface area contributed by atoms with Crippen LogP contribution in [0.5, 0.6) is 0 Å². The van der Waals surface area contributed by atoms with Gasteiger partial charge in [0.25, 0.3) is 0 Å². The van der Waals surface area contributed by atoms with Crippen molar-refractivity contribution in [3.8, 4) is 0 Å². The predicted molar refractivity (Wildman–Crippen MR) is 40.3 cm³/mol. The molecule has 0 heterocycles. The lowest BCUT2D eigenvalue weighted by Crippen LogP contribution is -1.18. The van der Waals surface area contributed by atoms with E-state index in [0.717, 1.165) is 17.2 Å². The van der Waals surface area contributed by atoms with Crippen LogP contribution in [-0.2, 0) is 0 Å². The summed E-state index contributed by atoms with van der Waals surface area (Å²) in [6, 6.07) is 0. The summed E-state index contributed by atoms with van der Waals surface area (Å²) in [6.07, 6.45) is 0. The second kappa shape index (κ2) is 16.9. The molecule has 0 aromatic rings. The molecule has 0 atom stereocenters. The molecule has 0 aromatic heterocycles. The fraction of sp³-hybridized carbons (Fsp3) is 1.00. The second-order valence-corrected chi connectivity index (χ2v) is 3.00. The highest BCUT2D eigenvalue weighted by Crippen LogP contribution is 1.84. The first kappa shape index (κ1) is 9.97. The Morgan fingerprint density at radius 3 is 0.667 bits per heavy atom. The van der Waals surface area contributed by atoms with Crippen LogP contribution in [0, 0.1) is 0 Å². The lowest BCUT2D eigenvalue weighted by Gasteiger charge is -1.50. The van der Waals surface area contributed by atoms with E-state index in [4.69, 9.17) is 0 Å². The van der Waals surface area contributed by atoms with E-state index in [1.807, 2.05) is 0 Å². The largest absolute Gasteiger partial charge is 0.129 e. The molecule has 0 bridgehead atoms. The van der Waals surface area contributed by atoms with Crippen molar-refractivity contribution in [2.75, 3.05) is 26.7 Å². The van der Waals surface area contributed by atoms with Gasteiger partial charge in [-0.15, -0.1) is 17.2 Å². The zero-order chi connectivity index (χ0) is 5.41. The van der Waals surface area contributed by atoms with Crippen LogP contribution in [-0.4, -0.2) is 26.7 Å². The highest BCUT2D eigenvalue weighted by Gasteiger charge is 1.33. The molecule has 0 spiro atoms. The van der Waals surface area contributed by atoms with Gasteiger partial charge in [-0.1, -0.05) is 0 Å². The molecule has 0 saturated heterocycles. The van der Waals surface area contributed by atoms with Crippen molar-refractivity contribution in [3.63, 3.8) is 0 Å². The second-order valence-electron chi connectivity index (χ2n) is 1.00. The van der Waals surface area contributed by atoms with Gasteiger partial charge in [-0.05, 0) is 26.7 Å². The van der Waals surface area contributed by atoms with E-state index >= 15 is 0 Å². The smallest absolute Gasteiger partial charge is 0.0475 e. The van der Waals surface area contributed by atoms with Crippen molar-refractivity contribution >= 4 is 17.2 Å². The molecule has 0 rings (SSSR count). The summed E-state index contributed by atoms with van der Waals surface area (Å²) in [4.78, 5) is 0. The summed E-state index contributed by atoms with van der Waals surface area (Å²) >= 11 is 0. The third-order valence-electron chi connectivity index (χ3n) is 0. The molecule has 6 heavy (non-hydrogen) atoms. The van der Waals surface area contributed by atoms with Gasteiger partial charge in [0.15, 0.2) is 0 Å². The highest BCUT2D eigenvalue weighted by atomic mass is 31.1. The summed E-state index contributed by atoms with van der Waals surface area (Å²) in [5.41, 5.74) is 0. The van der Waals surface area contributed by atoms with Crippen LogP contribution in [0.2, 0.25) is 0 Å². The van der Waals surface area contributed by atoms with Crippen LogP contribution < -0.4 is 0 Å². The molecule has 0 radical (unpaired) electrons. The van der Waals surface area contributed by atoms with Gasteiger partial charge >= 0.3 is 0 Å². The maximum absolute atomic E-state index is 2.15. The van der Waals surface area contributed by atoms with Crippen molar-refractivity contribution in [1.29, 1.82) is 0 Å². The average molecular weight is 124 g/mol. The molecular formula is C4H14P2. The third-order valence-corrected chi connectivity index (χ3v) is 0. The van der Waals surface area contributed by atoms with Gasteiger partial charge in [0.05, 0.1) is 0 Å². The van der Waals surface area contributed by atoms with Gasteiger partial charge in [0.1, 0.15) is 0 Å². The Morgan fingerprint density at radius 1 is 0.667 bits per heavy atom. The summed E-state index contributed by atoms with van der Waals surface area (Å²) < 4.78 is 0. The van der Waals surface area contributed by atoms with E-state index < -0.39 is 0 Å². The van der Waals surface area contributed by atoms with Crippen molar-refractivity contribution in [2.24, 2.45) is 0 Å². The normalized spacial score (nSPS) is 6.00. The molecule has 0 saturated carbocycles. The first-order valence-corrected chi connectivity index (χ1v) is 6.00. The maximum Gasteiger partial charge on any atom is -0.0475 e. The molecule has 0 amide bonds. The molecule has 0 N–H and O–H groups in total. The molecule has 0 aliphatic rings. The summed E-state index contributed by atoms with van der Waals surface area (Å²) in [7, 11) is 2.17.